The zero-order valence-corrected chi connectivity index (χ0v) is 21.3. The number of anilines is 1. The molecule has 2 aromatic rings. The van der Waals surface area contributed by atoms with Gasteiger partial charge in [-0.3, -0.25) is 4.90 Å². The third-order valence-electron chi connectivity index (χ3n) is 5.99. The molecule has 1 atom stereocenters. The van der Waals surface area contributed by atoms with Crippen LogP contribution in [0.1, 0.15) is 37.1 Å². The van der Waals surface area contributed by atoms with Crippen LogP contribution in [0.3, 0.4) is 0 Å². The minimum absolute atomic E-state index is 0. The van der Waals surface area contributed by atoms with Gasteiger partial charge in [-0.1, -0.05) is 12.1 Å². The molecule has 0 bridgehead atoms. The molecule has 2 aliphatic heterocycles. The molecule has 176 valence electrons. The number of guanidine groups is 1. The smallest absolute Gasteiger partial charge is 0.191 e. The van der Waals surface area contributed by atoms with Gasteiger partial charge in [-0.25, -0.2) is 4.99 Å². The summed E-state index contributed by atoms with van der Waals surface area (Å²) in [6.45, 7) is 10.1. The molecule has 1 aromatic heterocycles. The molecule has 4 rings (SSSR count). The number of halogens is 1. The number of nitrogens with one attached hydrogen (secondary N) is 2. The van der Waals surface area contributed by atoms with Crippen molar-refractivity contribution >= 4 is 35.6 Å². The Morgan fingerprint density at radius 1 is 1.03 bits per heavy atom. The number of furan rings is 1. The minimum atomic E-state index is 0. The van der Waals surface area contributed by atoms with Gasteiger partial charge in [0, 0.05) is 31.9 Å². The van der Waals surface area contributed by atoms with E-state index in [9.17, 15) is 0 Å². The maximum Gasteiger partial charge on any atom is 0.191 e. The Morgan fingerprint density at radius 3 is 2.44 bits per heavy atom. The second-order valence-corrected chi connectivity index (χ2v) is 8.12. The summed E-state index contributed by atoms with van der Waals surface area (Å²) in [6, 6.07) is 13.0. The van der Waals surface area contributed by atoms with E-state index >= 15 is 0 Å². The molecule has 0 aliphatic carbocycles. The van der Waals surface area contributed by atoms with Gasteiger partial charge in [-0.05, 0) is 62.7 Å². The number of aliphatic imine (C=N–C) groups is 1. The van der Waals surface area contributed by atoms with Crippen molar-refractivity contribution in [2.45, 2.75) is 32.4 Å². The monoisotopic (exact) mass is 553 g/mol. The van der Waals surface area contributed by atoms with Gasteiger partial charge in [0.1, 0.15) is 5.76 Å². The first-order chi connectivity index (χ1) is 15.3. The van der Waals surface area contributed by atoms with E-state index in [1.165, 1.54) is 24.1 Å². The maximum atomic E-state index is 5.74. The number of hydrogen-bond donors (Lipinski definition) is 2. The van der Waals surface area contributed by atoms with E-state index in [1.807, 2.05) is 6.07 Å². The highest BCUT2D eigenvalue weighted by atomic mass is 127. The number of benzene rings is 1. The quantitative estimate of drug-likeness (QED) is 0.296. The first-order valence-electron chi connectivity index (χ1n) is 11.5. The van der Waals surface area contributed by atoms with Crippen molar-refractivity contribution < 1.29 is 9.15 Å². The highest BCUT2D eigenvalue weighted by molar-refractivity contribution is 14.0. The second kappa shape index (κ2) is 13.1. The van der Waals surface area contributed by atoms with Crippen molar-refractivity contribution in [1.82, 2.24) is 15.5 Å². The molecule has 7 nitrogen and oxygen atoms in total. The van der Waals surface area contributed by atoms with Gasteiger partial charge in [-0.2, -0.15) is 0 Å². The van der Waals surface area contributed by atoms with Crippen LogP contribution in [0.15, 0.2) is 52.1 Å². The van der Waals surface area contributed by atoms with E-state index < -0.39 is 0 Å². The summed E-state index contributed by atoms with van der Waals surface area (Å²) >= 11 is 0. The van der Waals surface area contributed by atoms with Crippen molar-refractivity contribution in [2.75, 3.05) is 57.4 Å². The van der Waals surface area contributed by atoms with Gasteiger partial charge >= 0.3 is 0 Å². The topological polar surface area (TPSA) is 65.3 Å². The summed E-state index contributed by atoms with van der Waals surface area (Å²) in [7, 11) is 0. The summed E-state index contributed by atoms with van der Waals surface area (Å²) in [4.78, 5) is 9.69. The highest BCUT2D eigenvalue weighted by Crippen LogP contribution is 2.25. The fraction of sp³-hybridized carbons (Fsp3) is 0.542. The van der Waals surface area contributed by atoms with Gasteiger partial charge in [0.25, 0.3) is 0 Å². The fourth-order valence-corrected chi connectivity index (χ4v) is 4.28. The zero-order valence-electron chi connectivity index (χ0n) is 19.0. The van der Waals surface area contributed by atoms with E-state index in [2.05, 4.69) is 57.7 Å². The van der Waals surface area contributed by atoms with Crippen LogP contribution in [-0.2, 0) is 11.3 Å². The van der Waals surface area contributed by atoms with Crippen LogP contribution in [0.2, 0.25) is 0 Å². The van der Waals surface area contributed by atoms with E-state index in [4.69, 9.17) is 14.1 Å². The summed E-state index contributed by atoms with van der Waals surface area (Å²) in [5.41, 5.74) is 2.46. The molecule has 1 unspecified atom stereocenters. The van der Waals surface area contributed by atoms with Gasteiger partial charge < -0.3 is 24.7 Å². The summed E-state index contributed by atoms with van der Waals surface area (Å²) < 4.78 is 11.2. The molecule has 2 saturated heterocycles. The van der Waals surface area contributed by atoms with Gasteiger partial charge in [0.05, 0.1) is 32.1 Å². The first kappa shape index (κ1) is 24.9. The van der Waals surface area contributed by atoms with Crippen LogP contribution in [0.4, 0.5) is 5.69 Å². The maximum absolute atomic E-state index is 5.74. The lowest BCUT2D eigenvalue weighted by molar-refractivity contribution is 0.122. The number of rotatable bonds is 8. The van der Waals surface area contributed by atoms with Crippen molar-refractivity contribution in [3.63, 3.8) is 0 Å². The Bertz CT molecular complexity index is 800. The van der Waals surface area contributed by atoms with Crippen LogP contribution in [0.25, 0.3) is 0 Å². The molecule has 8 heteroatoms. The lowest BCUT2D eigenvalue weighted by Crippen LogP contribution is -2.42. The number of likely N-dealkylation sites (tertiary alicyclic amines) is 1. The van der Waals surface area contributed by atoms with E-state index in [1.54, 1.807) is 6.26 Å². The molecule has 0 saturated carbocycles. The van der Waals surface area contributed by atoms with Crippen LogP contribution in [-0.4, -0.2) is 63.3 Å². The molecule has 2 fully saturated rings. The van der Waals surface area contributed by atoms with Crippen molar-refractivity contribution in [1.29, 1.82) is 0 Å². The molecular weight excluding hydrogens is 517 g/mol. The molecular formula is C24H36IN5O2. The predicted octanol–water partition coefficient (Wildman–Crippen LogP) is 3.63. The standard InChI is InChI=1S/C24H35N5O2.HI/c1-2-25-24(27-19-22(23-6-5-15-31-23)29-11-3-4-12-29)26-18-20-7-9-21(10-8-20)28-13-16-30-17-14-28;/h5-10,15,22H,2-4,11-14,16-19H2,1H3,(H2,25,26,27);1H. The summed E-state index contributed by atoms with van der Waals surface area (Å²) in [5, 5.41) is 6.91. The summed E-state index contributed by atoms with van der Waals surface area (Å²) in [6.07, 6.45) is 4.27. The SMILES string of the molecule is CCNC(=NCc1ccc(N2CCOCC2)cc1)NCC(c1ccco1)N1CCCC1.I. The van der Waals surface area contributed by atoms with Crippen molar-refractivity contribution in [3.05, 3.63) is 54.0 Å². The number of ether oxygens (including phenoxy) is 1. The third-order valence-corrected chi connectivity index (χ3v) is 5.99. The van der Waals surface area contributed by atoms with Crippen LogP contribution in [0, 0.1) is 0 Å². The highest BCUT2D eigenvalue weighted by Gasteiger charge is 2.25. The van der Waals surface area contributed by atoms with Crippen molar-refractivity contribution in [3.8, 4) is 0 Å². The molecule has 0 radical (unpaired) electrons. The van der Waals surface area contributed by atoms with Crippen LogP contribution >= 0.6 is 24.0 Å². The largest absolute Gasteiger partial charge is 0.468 e. The average Bonchev–Trinajstić information content (AvgIpc) is 3.54. The lowest BCUT2D eigenvalue weighted by atomic mass is 10.2. The Labute approximate surface area is 208 Å². The van der Waals surface area contributed by atoms with Crippen LogP contribution < -0.4 is 15.5 Å². The molecule has 3 heterocycles. The number of hydrogen-bond acceptors (Lipinski definition) is 5. The average molecular weight is 553 g/mol. The Kier molecular flexibility index (Phi) is 10.1. The van der Waals surface area contributed by atoms with Crippen LogP contribution in [0.5, 0.6) is 0 Å². The predicted molar refractivity (Wildman–Crippen MR) is 140 cm³/mol. The lowest BCUT2D eigenvalue weighted by Gasteiger charge is -2.28. The normalized spacial score (nSPS) is 18.3. The molecule has 2 aliphatic rings. The second-order valence-electron chi connectivity index (χ2n) is 8.12. The molecule has 0 spiro atoms. The third kappa shape index (κ3) is 6.86. The Morgan fingerprint density at radius 2 is 1.78 bits per heavy atom. The van der Waals surface area contributed by atoms with E-state index in [0.29, 0.717) is 6.54 Å². The molecule has 1 aromatic carbocycles. The number of morpholine rings is 1. The summed E-state index contributed by atoms with van der Waals surface area (Å²) in [5.74, 6) is 1.86. The molecule has 2 N–H and O–H groups in total. The Hall–Kier alpha value is -1.78. The Balaban J connectivity index is 0.00000289. The van der Waals surface area contributed by atoms with Gasteiger partial charge in [0.15, 0.2) is 5.96 Å². The number of nitrogens with zero attached hydrogens (tertiary/aromatic N) is 3. The van der Waals surface area contributed by atoms with E-state index in [-0.39, 0.29) is 30.0 Å². The first-order valence-corrected chi connectivity index (χ1v) is 11.5. The minimum Gasteiger partial charge on any atom is -0.468 e. The molecule has 32 heavy (non-hydrogen) atoms. The molecule has 0 amide bonds. The van der Waals surface area contributed by atoms with E-state index in [0.717, 1.165) is 64.2 Å². The van der Waals surface area contributed by atoms with Gasteiger partial charge in [0.2, 0.25) is 0 Å². The van der Waals surface area contributed by atoms with Gasteiger partial charge in [-0.15, -0.1) is 24.0 Å². The zero-order chi connectivity index (χ0) is 21.3. The fourth-order valence-electron chi connectivity index (χ4n) is 4.28. The van der Waals surface area contributed by atoms with Crippen molar-refractivity contribution in [2.24, 2.45) is 4.99 Å².